The second-order valence-corrected chi connectivity index (χ2v) is 7.86. The minimum absolute atomic E-state index is 0.0781. The Labute approximate surface area is 160 Å². The molecule has 0 atom stereocenters. The van der Waals surface area contributed by atoms with Crippen LogP contribution in [0.15, 0.2) is 15.0 Å². The Balaban J connectivity index is 1.63. The van der Waals surface area contributed by atoms with Gasteiger partial charge >= 0.3 is 5.69 Å². The molecule has 2 aromatic rings. The Hall–Kier alpha value is -2.30. The highest BCUT2D eigenvalue weighted by Crippen LogP contribution is 2.13. The molecule has 0 aromatic carbocycles. The van der Waals surface area contributed by atoms with E-state index in [-0.39, 0.29) is 23.7 Å². The smallest absolute Gasteiger partial charge is 0.332 e. The van der Waals surface area contributed by atoms with Crippen molar-refractivity contribution < 1.29 is 4.79 Å². The topological polar surface area (TPSA) is 106 Å². The maximum absolute atomic E-state index is 12.7. The SMILES string of the molecule is Cc1nc(CN2CCN(CC(=O)c3c(N)n(C)c(=O)n(C)c3=O)CC2)cs1. The molecule has 3 rings (SSSR count). The van der Waals surface area contributed by atoms with Gasteiger partial charge in [0.1, 0.15) is 11.4 Å². The fourth-order valence-electron chi connectivity index (χ4n) is 3.22. The Bertz CT molecular complexity index is 968. The van der Waals surface area contributed by atoms with Gasteiger partial charge in [-0.2, -0.15) is 0 Å². The summed E-state index contributed by atoms with van der Waals surface area (Å²) in [5.74, 6) is -0.432. The predicted molar refractivity (Wildman–Crippen MR) is 104 cm³/mol. The van der Waals surface area contributed by atoms with Crippen molar-refractivity contribution in [1.29, 1.82) is 0 Å². The summed E-state index contributed by atoms with van der Waals surface area (Å²) in [5.41, 5.74) is 5.64. The Morgan fingerprint density at radius 2 is 1.78 bits per heavy atom. The summed E-state index contributed by atoms with van der Waals surface area (Å²) in [7, 11) is 2.80. The molecule has 0 radical (unpaired) electrons. The summed E-state index contributed by atoms with van der Waals surface area (Å²) in [6, 6.07) is 0. The molecule has 0 bridgehead atoms. The van der Waals surface area contributed by atoms with E-state index in [4.69, 9.17) is 5.73 Å². The number of aromatic nitrogens is 3. The number of anilines is 1. The van der Waals surface area contributed by atoms with Crippen molar-refractivity contribution in [2.45, 2.75) is 13.5 Å². The van der Waals surface area contributed by atoms with Crippen molar-refractivity contribution in [3.8, 4) is 0 Å². The van der Waals surface area contributed by atoms with E-state index < -0.39 is 11.2 Å². The first-order valence-corrected chi connectivity index (χ1v) is 9.60. The van der Waals surface area contributed by atoms with E-state index in [0.29, 0.717) is 0 Å². The molecule has 9 nitrogen and oxygen atoms in total. The first kappa shape index (κ1) is 19.5. The van der Waals surface area contributed by atoms with Crippen LogP contribution in [-0.4, -0.2) is 62.4 Å². The lowest BCUT2D eigenvalue weighted by Crippen LogP contribution is -2.48. The zero-order valence-electron chi connectivity index (χ0n) is 15.8. The average Bonchev–Trinajstić information content (AvgIpc) is 3.05. The van der Waals surface area contributed by atoms with Crippen molar-refractivity contribution in [2.75, 3.05) is 38.5 Å². The summed E-state index contributed by atoms with van der Waals surface area (Å²) in [6.45, 7) is 6.01. The van der Waals surface area contributed by atoms with Crippen molar-refractivity contribution in [1.82, 2.24) is 23.9 Å². The minimum Gasteiger partial charge on any atom is -0.384 e. The molecule has 1 saturated heterocycles. The van der Waals surface area contributed by atoms with Gasteiger partial charge < -0.3 is 5.73 Å². The maximum atomic E-state index is 12.7. The molecule has 2 N–H and O–H groups in total. The van der Waals surface area contributed by atoms with E-state index in [1.54, 1.807) is 11.3 Å². The van der Waals surface area contributed by atoms with Crippen LogP contribution in [0.25, 0.3) is 0 Å². The van der Waals surface area contributed by atoms with Gasteiger partial charge in [-0.15, -0.1) is 11.3 Å². The number of aryl methyl sites for hydroxylation is 1. The molecule has 1 aliphatic heterocycles. The van der Waals surface area contributed by atoms with Gasteiger partial charge in [0, 0.05) is 52.2 Å². The zero-order chi connectivity index (χ0) is 19.7. The number of nitrogen functional groups attached to an aromatic ring is 1. The molecular weight excluding hydrogens is 368 g/mol. The first-order chi connectivity index (χ1) is 12.8. The molecule has 3 heterocycles. The average molecular weight is 392 g/mol. The maximum Gasteiger partial charge on any atom is 0.332 e. The molecule has 146 valence electrons. The quantitative estimate of drug-likeness (QED) is 0.679. The van der Waals surface area contributed by atoms with Crippen molar-refractivity contribution in [3.63, 3.8) is 0 Å². The van der Waals surface area contributed by atoms with Crippen LogP contribution in [0, 0.1) is 6.92 Å². The number of nitrogens with two attached hydrogens (primary N) is 1. The molecule has 27 heavy (non-hydrogen) atoms. The highest BCUT2D eigenvalue weighted by Gasteiger charge is 2.24. The van der Waals surface area contributed by atoms with E-state index >= 15 is 0 Å². The third-order valence-corrected chi connectivity index (χ3v) is 5.70. The molecular formula is C17H24N6O3S. The van der Waals surface area contributed by atoms with Gasteiger partial charge in [-0.25, -0.2) is 9.78 Å². The number of thiazole rings is 1. The number of rotatable bonds is 5. The van der Waals surface area contributed by atoms with Crippen LogP contribution in [0.2, 0.25) is 0 Å². The Morgan fingerprint density at radius 1 is 1.15 bits per heavy atom. The number of piperazine rings is 1. The van der Waals surface area contributed by atoms with Crippen molar-refractivity contribution in [3.05, 3.63) is 42.5 Å². The van der Waals surface area contributed by atoms with Crippen LogP contribution < -0.4 is 17.0 Å². The molecule has 2 aromatic heterocycles. The number of carbonyl (C=O) groups excluding carboxylic acids is 1. The van der Waals surface area contributed by atoms with Gasteiger partial charge in [0.15, 0.2) is 5.78 Å². The first-order valence-electron chi connectivity index (χ1n) is 8.72. The Kier molecular flexibility index (Phi) is 5.59. The highest BCUT2D eigenvalue weighted by atomic mass is 32.1. The van der Waals surface area contributed by atoms with Crippen molar-refractivity contribution in [2.24, 2.45) is 14.1 Å². The van der Waals surface area contributed by atoms with Gasteiger partial charge in [0.05, 0.1) is 17.2 Å². The lowest BCUT2D eigenvalue weighted by molar-refractivity contribution is 0.0840. The molecule has 0 spiro atoms. The van der Waals surface area contributed by atoms with Gasteiger partial charge in [-0.1, -0.05) is 0 Å². The van der Waals surface area contributed by atoms with E-state index in [1.165, 1.54) is 14.1 Å². The highest BCUT2D eigenvalue weighted by molar-refractivity contribution is 7.09. The van der Waals surface area contributed by atoms with E-state index in [2.05, 4.69) is 15.3 Å². The summed E-state index contributed by atoms with van der Waals surface area (Å²) < 4.78 is 2.04. The van der Waals surface area contributed by atoms with Crippen LogP contribution in [0.1, 0.15) is 21.1 Å². The van der Waals surface area contributed by atoms with Crippen LogP contribution in [0.4, 0.5) is 5.82 Å². The molecule has 10 heteroatoms. The van der Waals surface area contributed by atoms with E-state index in [0.717, 1.165) is 52.6 Å². The van der Waals surface area contributed by atoms with Crippen molar-refractivity contribution >= 4 is 22.9 Å². The third kappa shape index (κ3) is 4.02. The van der Waals surface area contributed by atoms with E-state index in [1.807, 2.05) is 11.8 Å². The van der Waals surface area contributed by atoms with Crippen LogP contribution in [-0.2, 0) is 20.6 Å². The second kappa shape index (κ2) is 7.75. The monoisotopic (exact) mass is 392 g/mol. The minimum atomic E-state index is -0.641. The molecule has 0 saturated carbocycles. The largest absolute Gasteiger partial charge is 0.384 e. The number of nitrogens with zero attached hydrogens (tertiary/aromatic N) is 5. The molecule has 0 aliphatic carbocycles. The predicted octanol–water partition coefficient (Wildman–Crippen LogP) is -0.568. The summed E-state index contributed by atoms with van der Waals surface area (Å²) in [5, 5.41) is 3.13. The lowest BCUT2D eigenvalue weighted by atomic mass is 10.1. The summed E-state index contributed by atoms with van der Waals surface area (Å²) in [4.78, 5) is 45.7. The molecule has 0 unspecified atom stereocenters. The number of ketones is 1. The van der Waals surface area contributed by atoms with Gasteiger partial charge in [0.2, 0.25) is 0 Å². The number of Topliss-reactive ketones (excluding diaryl/α,β-unsaturated/α-hetero) is 1. The fourth-order valence-corrected chi connectivity index (χ4v) is 3.82. The molecule has 1 fully saturated rings. The summed E-state index contributed by atoms with van der Waals surface area (Å²) in [6.07, 6.45) is 0. The normalized spacial score (nSPS) is 16.0. The van der Waals surface area contributed by atoms with E-state index in [9.17, 15) is 14.4 Å². The van der Waals surface area contributed by atoms with Gasteiger partial charge in [-0.05, 0) is 6.92 Å². The fraction of sp³-hybridized carbons (Fsp3) is 0.529. The number of carbonyl (C=O) groups is 1. The summed E-state index contributed by atoms with van der Waals surface area (Å²) >= 11 is 1.64. The lowest BCUT2D eigenvalue weighted by Gasteiger charge is -2.33. The second-order valence-electron chi connectivity index (χ2n) is 6.80. The van der Waals surface area contributed by atoms with Crippen LogP contribution in [0.5, 0.6) is 0 Å². The van der Waals surface area contributed by atoms with Gasteiger partial charge in [-0.3, -0.25) is 28.5 Å². The molecule has 1 aliphatic rings. The van der Waals surface area contributed by atoms with Crippen LogP contribution >= 0.6 is 11.3 Å². The number of hydrogen-bond donors (Lipinski definition) is 1. The third-order valence-electron chi connectivity index (χ3n) is 4.87. The van der Waals surface area contributed by atoms with Crippen LogP contribution in [0.3, 0.4) is 0 Å². The standard InChI is InChI=1S/C17H24N6O3S/c1-11-19-12(10-27-11)8-22-4-6-23(7-5-22)9-13(24)14-15(18)20(2)17(26)21(3)16(14)25/h10H,4-9,18H2,1-3H3. The number of hydrogen-bond acceptors (Lipinski definition) is 8. The zero-order valence-corrected chi connectivity index (χ0v) is 16.6. The van der Waals surface area contributed by atoms with Gasteiger partial charge in [0.25, 0.3) is 5.56 Å². The Morgan fingerprint density at radius 3 is 2.37 bits per heavy atom. The molecule has 0 amide bonds.